The lowest BCUT2D eigenvalue weighted by molar-refractivity contribution is 0.526. The van der Waals surface area contributed by atoms with Crippen LogP contribution in [0.2, 0.25) is 5.02 Å². The van der Waals surface area contributed by atoms with E-state index < -0.39 is 0 Å². The van der Waals surface area contributed by atoms with E-state index in [1.165, 1.54) is 10.1 Å². The van der Waals surface area contributed by atoms with Gasteiger partial charge in [0.05, 0.1) is 11.1 Å². The van der Waals surface area contributed by atoms with E-state index in [9.17, 15) is 0 Å². The number of fused-ring (bicyclic) bond motifs is 2. The minimum atomic E-state index is -0.287. The zero-order valence-electron chi connectivity index (χ0n) is 11.0. The Labute approximate surface area is 130 Å². The minimum Gasteiger partial charge on any atom is -0.457 e. The molecule has 2 aromatic heterocycles. The van der Waals surface area contributed by atoms with Gasteiger partial charge in [-0.3, -0.25) is 0 Å². The lowest BCUT2D eigenvalue weighted by Gasteiger charge is -2.07. The van der Waals surface area contributed by atoms with Gasteiger partial charge < -0.3 is 10.2 Å². The van der Waals surface area contributed by atoms with Crippen LogP contribution in [0.25, 0.3) is 21.1 Å². The highest BCUT2D eigenvalue weighted by Crippen LogP contribution is 2.35. The smallest absolute Gasteiger partial charge is 0.152 e. The fourth-order valence-electron chi connectivity index (χ4n) is 2.59. The second-order valence-electron chi connectivity index (χ2n) is 4.97. The first-order valence-electron chi connectivity index (χ1n) is 6.64. The van der Waals surface area contributed by atoms with Crippen molar-refractivity contribution in [2.75, 3.05) is 0 Å². The van der Waals surface area contributed by atoms with E-state index in [4.69, 9.17) is 21.8 Å². The lowest BCUT2D eigenvalue weighted by Crippen LogP contribution is -2.10. The van der Waals surface area contributed by atoms with Crippen LogP contribution in [0.15, 0.2) is 58.3 Å². The number of nitrogens with two attached hydrogens (primary N) is 1. The van der Waals surface area contributed by atoms with Crippen LogP contribution in [0.4, 0.5) is 0 Å². The van der Waals surface area contributed by atoms with Gasteiger partial charge in [-0.05, 0) is 34.5 Å². The standard InChI is InChI=1S/C17H12ClNOS/c18-13-6-3-4-10-8-14(20-17(10)13)16(19)12-9-21-15-7-2-1-5-11(12)15/h1-9,16H,19H2. The Morgan fingerprint density at radius 1 is 1.10 bits per heavy atom. The van der Waals surface area contributed by atoms with Crippen molar-refractivity contribution in [2.45, 2.75) is 6.04 Å². The topological polar surface area (TPSA) is 39.2 Å². The highest BCUT2D eigenvalue weighted by atomic mass is 35.5. The molecule has 0 bridgehead atoms. The van der Waals surface area contributed by atoms with Crippen molar-refractivity contribution < 1.29 is 4.42 Å². The lowest BCUT2D eigenvalue weighted by atomic mass is 10.0. The van der Waals surface area contributed by atoms with Gasteiger partial charge >= 0.3 is 0 Å². The molecule has 0 spiro atoms. The maximum atomic E-state index is 6.41. The quantitative estimate of drug-likeness (QED) is 0.542. The Morgan fingerprint density at radius 3 is 2.81 bits per heavy atom. The first kappa shape index (κ1) is 12.9. The third kappa shape index (κ3) is 2.05. The van der Waals surface area contributed by atoms with E-state index in [0.717, 1.165) is 16.7 Å². The highest BCUT2D eigenvalue weighted by molar-refractivity contribution is 7.17. The Kier molecular flexibility index (Phi) is 3.00. The number of furan rings is 1. The maximum absolute atomic E-state index is 6.41. The zero-order chi connectivity index (χ0) is 14.4. The predicted molar refractivity (Wildman–Crippen MR) is 89.1 cm³/mol. The summed E-state index contributed by atoms with van der Waals surface area (Å²) in [5.74, 6) is 0.738. The van der Waals surface area contributed by atoms with Gasteiger partial charge in [0, 0.05) is 10.1 Å². The predicted octanol–water partition coefficient (Wildman–Crippen LogP) is 5.35. The summed E-state index contributed by atoms with van der Waals surface area (Å²) in [6.07, 6.45) is 0. The zero-order valence-corrected chi connectivity index (χ0v) is 12.6. The number of halogens is 1. The first-order chi connectivity index (χ1) is 10.2. The summed E-state index contributed by atoms with van der Waals surface area (Å²) in [5.41, 5.74) is 8.20. The summed E-state index contributed by atoms with van der Waals surface area (Å²) >= 11 is 7.86. The molecule has 4 rings (SSSR count). The number of para-hydroxylation sites is 1. The summed E-state index contributed by atoms with van der Waals surface area (Å²) in [6.45, 7) is 0. The largest absolute Gasteiger partial charge is 0.457 e. The molecule has 0 aliphatic rings. The summed E-state index contributed by atoms with van der Waals surface area (Å²) in [5, 5.41) is 4.87. The van der Waals surface area contributed by atoms with Crippen LogP contribution in [0.1, 0.15) is 17.4 Å². The fraction of sp³-hybridized carbons (Fsp3) is 0.0588. The highest BCUT2D eigenvalue weighted by Gasteiger charge is 2.18. The number of rotatable bonds is 2. The molecular formula is C17H12ClNOS. The average Bonchev–Trinajstić information content (AvgIpc) is 3.11. The van der Waals surface area contributed by atoms with E-state index in [0.29, 0.717) is 10.6 Å². The minimum absolute atomic E-state index is 0.287. The van der Waals surface area contributed by atoms with Crippen molar-refractivity contribution in [3.05, 3.63) is 70.3 Å². The van der Waals surface area contributed by atoms with Crippen LogP contribution in [-0.4, -0.2) is 0 Å². The molecule has 104 valence electrons. The van der Waals surface area contributed by atoms with Gasteiger partial charge in [0.2, 0.25) is 0 Å². The van der Waals surface area contributed by atoms with Gasteiger partial charge in [-0.1, -0.05) is 41.9 Å². The average molecular weight is 314 g/mol. The summed E-state index contributed by atoms with van der Waals surface area (Å²) in [7, 11) is 0. The Morgan fingerprint density at radius 2 is 1.95 bits per heavy atom. The second kappa shape index (κ2) is 4.88. The molecule has 0 fully saturated rings. The van der Waals surface area contributed by atoms with Crippen molar-refractivity contribution in [1.29, 1.82) is 0 Å². The van der Waals surface area contributed by atoms with E-state index in [1.54, 1.807) is 11.3 Å². The SMILES string of the molecule is NC(c1cc2cccc(Cl)c2o1)c1csc2ccccc12. The van der Waals surface area contributed by atoms with E-state index in [2.05, 4.69) is 17.5 Å². The Balaban J connectivity index is 1.86. The summed E-state index contributed by atoms with van der Waals surface area (Å²) in [6, 6.07) is 15.7. The molecule has 21 heavy (non-hydrogen) atoms. The van der Waals surface area contributed by atoms with Crippen molar-refractivity contribution in [3.63, 3.8) is 0 Å². The van der Waals surface area contributed by atoms with Gasteiger partial charge in [0.15, 0.2) is 5.58 Å². The third-order valence-electron chi connectivity index (χ3n) is 3.67. The molecule has 0 amide bonds. The van der Waals surface area contributed by atoms with Crippen molar-refractivity contribution in [3.8, 4) is 0 Å². The molecule has 4 aromatic rings. The molecule has 0 aliphatic carbocycles. The monoisotopic (exact) mass is 313 g/mol. The van der Waals surface area contributed by atoms with Crippen LogP contribution < -0.4 is 5.73 Å². The van der Waals surface area contributed by atoms with Crippen molar-refractivity contribution >= 4 is 44.0 Å². The second-order valence-corrected chi connectivity index (χ2v) is 6.29. The molecular weight excluding hydrogens is 302 g/mol. The van der Waals surface area contributed by atoms with Crippen LogP contribution in [-0.2, 0) is 0 Å². The first-order valence-corrected chi connectivity index (χ1v) is 7.89. The molecule has 2 nitrogen and oxygen atoms in total. The molecule has 0 aliphatic heterocycles. The molecule has 1 unspecified atom stereocenters. The molecule has 0 radical (unpaired) electrons. The summed E-state index contributed by atoms with van der Waals surface area (Å²) in [4.78, 5) is 0. The van der Waals surface area contributed by atoms with Crippen LogP contribution >= 0.6 is 22.9 Å². The molecule has 0 saturated heterocycles. The molecule has 4 heteroatoms. The molecule has 1 atom stereocenters. The van der Waals surface area contributed by atoms with Gasteiger partial charge in [0.1, 0.15) is 5.76 Å². The van der Waals surface area contributed by atoms with E-state index in [-0.39, 0.29) is 6.04 Å². The van der Waals surface area contributed by atoms with E-state index >= 15 is 0 Å². The molecule has 2 N–H and O–H groups in total. The van der Waals surface area contributed by atoms with Crippen molar-refractivity contribution in [1.82, 2.24) is 0 Å². The van der Waals surface area contributed by atoms with E-state index in [1.807, 2.05) is 36.4 Å². The van der Waals surface area contributed by atoms with Crippen LogP contribution in [0.5, 0.6) is 0 Å². The van der Waals surface area contributed by atoms with Crippen LogP contribution in [0, 0.1) is 0 Å². The Hall–Kier alpha value is -1.81. The molecule has 0 saturated carbocycles. The third-order valence-corrected chi connectivity index (χ3v) is 4.95. The Bertz CT molecular complexity index is 940. The van der Waals surface area contributed by atoms with Gasteiger partial charge in [0.25, 0.3) is 0 Å². The summed E-state index contributed by atoms with van der Waals surface area (Å²) < 4.78 is 7.11. The van der Waals surface area contributed by atoms with Gasteiger partial charge in [-0.2, -0.15) is 0 Å². The molecule has 2 aromatic carbocycles. The number of hydrogen-bond donors (Lipinski definition) is 1. The number of benzene rings is 2. The fourth-order valence-corrected chi connectivity index (χ4v) is 3.81. The molecule has 2 heterocycles. The van der Waals surface area contributed by atoms with Crippen molar-refractivity contribution in [2.24, 2.45) is 5.73 Å². The van der Waals surface area contributed by atoms with Gasteiger partial charge in [-0.25, -0.2) is 0 Å². The van der Waals surface area contributed by atoms with Crippen LogP contribution in [0.3, 0.4) is 0 Å². The number of thiophene rings is 1. The normalized spacial score (nSPS) is 13.0. The van der Waals surface area contributed by atoms with Gasteiger partial charge in [-0.15, -0.1) is 11.3 Å². The maximum Gasteiger partial charge on any atom is 0.152 e. The number of hydrogen-bond acceptors (Lipinski definition) is 3.